The molecule has 19 heavy (non-hydrogen) atoms. The summed E-state index contributed by atoms with van der Waals surface area (Å²) in [6, 6.07) is 9.11. The van der Waals surface area contributed by atoms with Crippen molar-refractivity contribution < 1.29 is 4.74 Å². The first-order valence-corrected chi connectivity index (χ1v) is 7.61. The van der Waals surface area contributed by atoms with Crippen LogP contribution in [-0.2, 0) is 11.2 Å². The number of hydrogen-bond acceptors (Lipinski definition) is 2. The molecule has 4 unspecified atom stereocenters. The molecule has 2 bridgehead atoms. The standard InChI is InChI=1S/C17H25NO/c1-19-9-8-12-2-5-14(6-3-12)17(18)16-11-13-4-7-15(16)10-13/h2-3,5-6,13,15-17H,4,7-11,18H2,1H3. The lowest BCUT2D eigenvalue weighted by atomic mass is 9.81. The summed E-state index contributed by atoms with van der Waals surface area (Å²) in [5.41, 5.74) is 9.17. The van der Waals surface area contributed by atoms with Gasteiger partial charge in [0.2, 0.25) is 0 Å². The van der Waals surface area contributed by atoms with Crippen molar-refractivity contribution in [3.63, 3.8) is 0 Å². The third-order valence-electron chi connectivity index (χ3n) is 5.21. The molecule has 2 heteroatoms. The summed E-state index contributed by atoms with van der Waals surface area (Å²) in [5, 5.41) is 0. The molecule has 0 spiro atoms. The number of ether oxygens (including phenoxy) is 1. The van der Waals surface area contributed by atoms with E-state index in [0.717, 1.165) is 30.8 Å². The highest BCUT2D eigenvalue weighted by Gasteiger charge is 2.42. The number of benzene rings is 1. The first-order chi connectivity index (χ1) is 9.28. The van der Waals surface area contributed by atoms with Crippen molar-refractivity contribution in [1.29, 1.82) is 0 Å². The van der Waals surface area contributed by atoms with Crippen LogP contribution in [0.3, 0.4) is 0 Å². The highest BCUT2D eigenvalue weighted by molar-refractivity contribution is 5.26. The first-order valence-electron chi connectivity index (χ1n) is 7.61. The van der Waals surface area contributed by atoms with Crippen LogP contribution in [0.5, 0.6) is 0 Å². The smallest absolute Gasteiger partial charge is 0.0502 e. The van der Waals surface area contributed by atoms with Crippen LogP contribution < -0.4 is 5.73 Å². The van der Waals surface area contributed by atoms with E-state index in [0.29, 0.717) is 0 Å². The zero-order valence-corrected chi connectivity index (χ0v) is 11.8. The predicted octanol–water partition coefficient (Wildman–Crippen LogP) is 3.31. The van der Waals surface area contributed by atoms with Crippen molar-refractivity contribution in [2.24, 2.45) is 23.5 Å². The van der Waals surface area contributed by atoms with Gasteiger partial charge in [0.15, 0.2) is 0 Å². The normalized spacial score (nSPS) is 30.7. The van der Waals surface area contributed by atoms with Crippen molar-refractivity contribution in [3.8, 4) is 0 Å². The Morgan fingerprint density at radius 2 is 2.00 bits per heavy atom. The minimum Gasteiger partial charge on any atom is -0.384 e. The highest BCUT2D eigenvalue weighted by atomic mass is 16.5. The van der Waals surface area contributed by atoms with E-state index in [1.54, 1.807) is 7.11 Å². The molecule has 1 aromatic carbocycles. The molecule has 2 nitrogen and oxygen atoms in total. The van der Waals surface area contributed by atoms with E-state index in [1.165, 1.54) is 36.8 Å². The maximum Gasteiger partial charge on any atom is 0.0502 e. The van der Waals surface area contributed by atoms with Crippen molar-refractivity contribution in [2.75, 3.05) is 13.7 Å². The van der Waals surface area contributed by atoms with Gasteiger partial charge in [0.1, 0.15) is 0 Å². The van der Waals surface area contributed by atoms with Gasteiger partial charge in [-0.3, -0.25) is 0 Å². The lowest BCUT2D eigenvalue weighted by Gasteiger charge is -2.28. The second kappa shape index (κ2) is 5.64. The number of nitrogens with two attached hydrogens (primary N) is 1. The Balaban J connectivity index is 1.65. The summed E-state index contributed by atoms with van der Waals surface area (Å²) in [6.07, 6.45) is 6.64. The minimum atomic E-state index is 0.242. The second-order valence-electron chi connectivity index (χ2n) is 6.35. The molecule has 0 heterocycles. The van der Waals surface area contributed by atoms with Crippen molar-refractivity contribution >= 4 is 0 Å². The van der Waals surface area contributed by atoms with Crippen LogP contribution in [0.15, 0.2) is 24.3 Å². The van der Waals surface area contributed by atoms with Crippen LogP contribution in [0.25, 0.3) is 0 Å². The number of methoxy groups -OCH3 is 1. The van der Waals surface area contributed by atoms with Crippen molar-refractivity contribution in [1.82, 2.24) is 0 Å². The Morgan fingerprint density at radius 3 is 2.58 bits per heavy atom. The fourth-order valence-corrected chi connectivity index (χ4v) is 4.11. The highest BCUT2D eigenvalue weighted by Crippen LogP contribution is 2.51. The second-order valence-corrected chi connectivity index (χ2v) is 6.35. The fraction of sp³-hybridized carbons (Fsp3) is 0.647. The SMILES string of the molecule is COCCc1ccc(C(N)C2CC3CCC2C3)cc1. The Hall–Kier alpha value is -0.860. The van der Waals surface area contributed by atoms with Gasteiger partial charge >= 0.3 is 0 Å². The minimum absolute atomic E-state index is 0.242. The maximum atomic E-state index is 6.51. The third-order valence-corrected chi connectivity index (χ3v) is 5.21. The zero-order chi connectivity index (χ0) is 13.2. The molecule has 0 aliphatic heterocycles. The molecular weight excluding hydrogens is 234 g/mol. The molecule has 3 rings (SSSR count). The van der Waals surface area contributed by atoms with Gasteiger partial charge in [-0.15, -0.1) is 0 Å². The Morgan fingerprint density at radius 1 is 1.21 bits per heavy atom. The molecule has 2 N–H and O–H groups in total. The summed E-state index contributed by atoms with van der Waals surface area (Å²) >= 11 is 0. The van der Waals surface area contributed by atoms with Gasteiger partial charge in [0, 0.05) is 13.2 Å². The molecular formula is C17H25NO. The first kappa shape index (κ1) is 13.1. The lowest BCUT2D eigenvalue weighted by molar-refractivity contribution is 0.202. The molecule has 0 amide bonds. The third kappa shape index (κ3) is 2.70. The molecule has 2 saturated carbocycles. The van der Waals surface area contributed by atoms with Crippen LogP contribution in [-0.4, -0.2) is 13.7 Å². The summed E-state index contributed by atoms with van der Waals surface area (Å²) in [5.74, 6) is 2.60. The number of fused-ring (bicyclic) bond motifs is 2. The van der Waals surface area contributed by atoms with E-state index in [-0.39, 0.29) is 6.04 Å². The van der Waals surface area contributed by atoms with E-state index in [4.69, 9.17) is 10.5 Å². The maximum absolute atomic E-state index is 6.51. The van der Waals surface area contributed by atoms with Crippen LogP contribution in [0.2, 0.25) is 0 Å². The number of rotatable bonds is 5. The van der Waals surface area contributed by atoms with Crippen LogP contribution >= 0.6 is 0 Å². The van der Waals surface area contributed by atoms with Gasteiger partial charge in [-0.25, -0.2) is 0 Å². The molecule has 0 radical (unpaired) electrons. The lowest BCUT2D eigenvalue weighted by Crippen LogP contribution is -2.25. The van der Waals surface area contributed by atoms with Crippen molar-refractivity contribution in [2.45, 2.75) is 38.1 Å². The average molecular weight is 259 g/mol. The zero-order valence-electron chi connectivity index (χ0n) is 11.8. The summed E-state index contributed by atoms with van der Waals surface area (Å²) in [7, 11) is 1.75. The summed E-state index contributed by atoms with van der Waals surface area (Å²) in [6.45, 7) is 0.789. The molecule has 4 atom stereocenters. The molecule has 2 fully saturated rings. The Labute approximate surface area is 116 Å². The molecule has 104 valence electrons. The Bertz CT molecular complexity index is 414. The van der Waals surface area contributed by atoms with Gasteiger partial charge in [-0.1, -0.05) is 30.7 Å². The quantitative estimate of drug-likeness (QED) is 0.880. The summed E-state index contributed by atoms with van der Waals surface area (Å²) < 4.78 is 5.11. The van der Waals surface area contributed by atoms with Gasteiger partial charge < -0.3 is 10.5 Å². The van der Waals surface area contributed by atoms with E-state index < -0.39 is 0 Å². The van der Waals surface area contributed by atoms with Crippen LogP contribution in [0.4, 0.5) is 0 Å². The van der Waals surface area contributed by atoms with Gasteiger partial charge in [-0.05, 0) is 54.6 Å². The van der Waals surface area contributed by atoms with Crippen LogP contribution in [0, 0.1) is 17.8 Å². The van der Waals surface area contributed by atoms with Crippen LogP contribution in [0.1, 0.15) is 42.9 Å². The van der Waals surface area contributed by atoms with E-state index in [9.17, 15) is 0 Å². The topological polar surface area (TPSA) is 35.2 Å². The molecule has 2 aliphatic rings. The van der Waals surface area contributed by atoms with E-state index in [2.05, 4.69) is 24.3 Å². The fourth-order valence-electron chi connectivity index (χ4n) is 4.11. The van der Waals surface area contributed by atoms with Gasteiger partial charge in [-0.2, -0.15) is 0 Å². The Kier molecular flexibility index (Phi) is 3.90. The monoisotopic (exact) mass is 259 g/mol. The van der Waals surface area contributed by atoms with Gasteiger partial charge in [0.25, 0.3) is 0 Å². The van der Waals surface area contributed by atoms with Crippen molar-refractivity contribution in [3.05, 3.63) is 35.4 Å². The molecule has 1 aromatic rings. The van der Waals surface area contributed by atoms with E-state index >= 15 is 0 Å². The average Bonchev–Trinajstić information content (AvgIpc) is 3.07. The molecule has 0 aromatic heterocycles. The summed E-state index contributed by atoms with van der Waals surface area (Å²) in [4.78, 5) is 0. The number of hydrogen-bond donors (Lipinski definition) is 1. The van der Waals surface area contributed by atoms with E-state index in [1.807, 2.05) is 0 Å². The predicted molar refractivity (Wildman–Crippen MR) is 77.9 cm³/mol. The van der Waals surface area contributed by atoms with Gasteiger partial charge in [0.05, 0.1) is 6.61 Å². The molecule has 2 aliphatic carbocycles. The largest absolute Gasteiger partial charge is 0.384 e. The molecule has 0 saturated heterocycles.